The number of nitrogens with zero attached hydrogens (tertiary/aromatic N) is 2. The number of nitrogens with two attached hydrogens (primary N) is 1. The van der Waals surface area contributed by atoms with Crippen LogP contribution in [0.2, 0.25) is 0 Å². The van der Waals surface area contributed by atoms with Crippen LogP contribution in [-0.2, 0) is 9.63 Å². The van der Waals surface area contributed by atoms with E-state index in [1.165, 1.54) is 16.3 Å². The zero-order valence-electron chi connectivity index (χ0n) is 9.60. The lowest BCUT2D eigenvalue weighted by Gasteiger charge is -2.07. The van der Waals surface area contributed by atoms with E-state index in [1.54, 1.807) is 0 Å². The fraction of sp³-hybridized carbons (Fsp3) is 0.625. The van der Waals surface area contributed by atoms with Gasteiger partial charge < -0.3 is 4.84 Å². The number of hydrogen-bond acceptors (Lipinski definition) is 7. The van der Waals surface area contributed by atoms with Crippen molar-refractivity contribution in [3.05, 3.63) is 10.5 Å². The first kappa shape index (κ1) is 13.7. The normalized spacial score (nSPS) is 10.8. The smallest absolute Gasteiger partial charge is 0.344 e. The van der Waals surface area contributed by atoms with Crippen LogP contribution in [0.1, 0.15) is 26.3 Å². The molecule has 1 aromatic rings. The van der Waals surface area contributed by atoms with Crippen molar-refractivity contribution in [1.82, 2.24) is 20.4 Å². The fourth-order valence-corrected chi connectivity index (χ4v) is 2.18. The molecule has 1 rings (SSSR count). The number of hydrogen-bond donors (Lipinski definition) is 3. The minimum Gasteiger partial charge on any atom is -0.356 e. The van der Waals surface area contributed by atoms with E-state index in [-0.39, 0.29) is 18.2 Å². The van der Waals surface area contributed by atoms with E-state index < -0.39 is 5.97 Å². The highest BCUT2D eigenvalue weighted by atomic mass is 32.2. The molecule has 1 aromatic heterocycles. The predicted molar refractivity (Wildman–Crippen MR) is 62.0 cm³/mol. The van der Waals surface area contributed by atoms with E-state index in [2.05, 4.69) is 15.0 Å². The zero-order valence-corrected chi connectivity index (χ0v) is 10.4. The number of hydrazine groups is 1. The fourth-order valence-electron chi connectivity index (χ4n) is 1.19. The van der Waals surface area contributed by atoms with Crippen molar-refractivity contribution in [2.24, 2.45) is 5.84 Å². The van der Waals surface area contributed by atoms with Crippen LogP contribution >= 0.6 is 11.8 Å². The van der Waals surface area contributed by atoms with Gasteiger partial charge >= 0.3 is 11.7 Å². The molecule has 0 spiro atoms. The van der Waals surface area contributed by atoms with Gasteiger partial charge in [0.05, 0.1) is 6.42 Å². The highest BCUT2D eigenvalue weighted by Gasteiger charge is 2.12. The lowest BCUT2D eigenvalue weighted by atomic mass is 10.4. The van der Waals surface area contributed by atoms with Crippen LogP contribution in [0.3, 0.4) is 0 Å². The highest BCUT2D eigenvalue weighted by Crippen LogP contribution is 2.17. The Kier molecular flexibility index (Phi) is 5.19. The van der Waals surface area contributed by atoms with Crippen LogP contribution < -0.4 is 17.1 Å². The van der Waals surface area contributed by atoms with Crippen LogP contribution in [-0.4, -0.2) is 26.5 Å². The molecule has 0 saturated carbocycles. The Hall–Kier alpha value is -1.32. The van der Waals surface area contributed by atoms with Gasteiger partial charge in [-0.1, -0.05) is 17.4 Å². The van der Waals surface area contributed by atoms with Crippen molar-refractivity contribution >= 4 is 17.7 Å². The van der Waals surface area contributed by atoms with Gasteiger partial charge in [-0.2, -0.15) is 0 Å². The van der Waals surface area contributed by atoms with E-state index in [9.17, 15) is 9.59 Å². The summed E-state index contributed by atoms with van der Waals surface area (Å²) in [5.41, 5.74) is 1.56. The second-order valence-corrected chi connectivity index (χ2v) is 4.53. The van der Waals surface area contributed by atoms with E-state index in [0.29, 0.717) is 10.9 Å². The maximum atomic E-state index is 11.4. The summed E-state index contributed by atoms with van der Waals surface area (Å²) in [7, 11) is 0. The molecule has 0 aliphatic heterocycles. The second kappa shape index (κ2) is 6.42. The Bertz CT molecular complexity index is 427. The Morgan fingerprint density at radius 1 is 1.71 bits per heavy atom. The van der Waals surface area contributed by atoms with Gasteiger partial charge in [-0.15, -0.1) is 5.10 Å². The van der Waals surface area contributed by atoms with Gasteiger partial charge in [0.1, 0.15) is 0 Å². The Balaban J connectivity index is 2.52. The number of rotatable bonds is 6. The van der Waals surface area contributed by atoms with Gasteiger partial charge in [0.15, 0.2) is 5.16 Å². The molecule has 0 aliphatic carbocycles. The first-order valence-corrected chi connectivity index (χ1v) is 5.99. The molecule has 0 saturated heterocycles. The predicted octanol–water partition coefficient (Wildman–Crippen LogP) is -0.444. The van der Waals surface area contributed by atoms with Crippen molar-refractivity contribution in [3.63, 3.8) is 0 Å². The number of H-pyrrole nitrogens is 1. The average molecular weight is 261 g/mol. The quantitative estimate of drug-likeness (QED) is 0.361. The average Bonchev–Trinajstić information content (AvgIpc) is 2.60. The molecular weight excluding hydrogens is 246 g/mol. The monoisotopic (exact) mass is 261 g/mol. The number of carbonyl (C=O) groups is 1. The molecule has 0 unspecified atom stereocenters. The van der Waals surface area contributed by atoms with Crippen LogP contribution in [0.15, 0.2) is 9.95 Å². The third-order valence-electron chi connectivity index (χ3n) is 1.90. The molecule has 96 valence electrons. The second-order valence-electron chi connectivity index (χ2n) is 3.47. The summed E-state index contributed by atoms with van der Waals surface area (Å²) in [6.45, 7) is 3.77. The summed E-state index contributed by atoms with van der Waals surface area (Å²) in [5, 5.41) is 6.80. The van der Waals surface area contributed by atoms with E-state index in [4.69, 9.17) is 5.84 Å². The van der Waals surface area contributed by atoms with Gasteiger partial charge in [-0.25, -0.2) is 15.7 Å². The highest BCUT2D eigenvalue weighted by molar-refractivity contribution is 7.99. The van der Waals surface area contributed by atoms with Gasteiger partial charge in [0.2, 0.25) is 0 Å². The van der Waals surface area contributed by atoms with Crippen molar-refractivity contribution in [1.29, 1.82) is 0 Å². The molecule has 4 N–H and O–H groups in total. The first-order chi connectivity index (χ1) is 8.06. The van der Waals surface area contributed by atoms with Crippen molar-refractivity contribution < 1.29 is 9.63 Å². The van der Waals surface area contributed by atoms with E-state index in [1.807, 2.05) is 19.4 Å². The molecule has 0 aliphatic rings. The molecule has 0 amide bonds. The largest absolute Gasteiger partial charge is 0.356 e. The molecule has 0 fully saturated rings. The number of aromatic amines is 1. The van der Waals surface area contributed by atoms with Crippen molar-refractivity contribution in [3.8, 4) is 0 Å². The van der Waals surface area contributed by atoms with Gasteiger partial charge in [-0.05, 0) is 13.8 Å². The standard InChI is InChI=1S/C8H15N5O3S/c1-5(2)13-7(15)10-11-8(13)17-4-3-6(14)16-12-9/h5,12H,3-4,9H2,1-2H3,(H,10,15). The summed E-state index contributed by atoms with van der Waals surface area (Å²) in [4.78, 5) is 26.7. The van der Waals surface area contributed by atoms with Crippen LogP contribution in [0.5, 0.6) is 0 Å². The molecule has 0 bridgehead atoms. The van der Waals surface area contributed by atoms with Crippen LogP contribution in [0, 0.1) is 0 Å². The first-order valence-electron chi connectivity index (χ1n) is 5.01. The molecule has 8 nitrogen and oxygen atoms in total. The molecule has 0 atom stereocenters. The topological polar surface area (TPSA) is 115 Å². The van der Waals surface area contributed by atoms with Gasteiger partial charge in [-0.3, -0.25) is 9.36 Å². The lowest BCUT2D eigenvalue weighted by Crippen LogP contribution is -2.26. The third-order valence-corrected chi connectivity index (χ3v) is 2.85. The van der Waals surface area contributed by atoms with E-state index in [0.717, 1.165) is 0 Å². The number of nitrogens with one attached hydrogen (secondary N) is 2. The van der Waals surface area contributed by atoms with E-state index >= 15 is 0 Å². The summed E-state index contributed by atoms with van der Waals surface area (Å²) >= 11 is 1.30. The maximum absolute atomic E-state index is 11.4. The molecule has 17 heavy (non-hydrogen) atoms. The number of carbonyl (C=O) groups excluding carboxylic acids is 1. The SMILES string of the molecule is CC(C)n1c(SCCC(=O)ONN)n[nH]c1=O. The zero-order chi connectivity index (χ0) is 12.8. The Labute approximate surface area is 102 Å². The molecular formula is C8H15N5O3S. The van der Waals surface area contributed by atoms with Gasteiger partial charge in [0, 0.05) is 11.8 Å². The summed E-state index contributed by atoms with van der Waals surface area (Å²) in [5.74, 6) is 4.81. The van der Waals surface area contributed by atoms with Crippen molar-refractivity contribution in [2.75, 3.05) is 5.75 Å². The minimum absolute atomic E-state index is 0.0152. The molecule has 0 radical (unpaired) electrons. The Morgan fingerprint density at radius 3 is 3.00 bits per heavy atom. The summed E-state index contributed by atoms with van der Waals surface area (Å²) in [6, 6.07) is 0.0152. The molecule has 9 heteroatoms. The molecule has 1 heterocycles. The van der Waals surface area contributed by atoms with Crippen molar-refractivity contribution in [2.45, 2.75) is 31.5 Å². The summed E-state index contributed by atoms with van der Waals surface area (Å²) in [6.07, 6.45) is 0.175. The van der Waals surface area contributed by atoms with Crippen LogP contribution in [0.25, 0.3) is 0 Å². The van der Waals surface area contributed by atoms with Crippen LogP contribution in [0.4, 0.5) is 0 Å². The molecule has 0 aromatic carbocycles. The third kappa shape index (κ3) is 3.88. The lowest BCUT2D eigenvalue weighted by molar-refractivity contribution is -0.150. The maximum Gasteiger partial charge on any atom is 0.344 e. The summed E-state index contributed by atoms with van der Waals surface area (Å²) < 4.78 is 1.52. The number of thioether (sulfide) groups is 1. The number of aromatic nitrogens is 3. The Morgan fingerprint density at radius 2 is 2.41 bits per heavy atom. The van der Waals surface area contributed by atoms with Gasteiger partial charge in [0.25, 0.3) is 0 Å². The minimum atomic E-state index is -0.464.